The third-order valence-corrected chi connectivity index (χ3v) is 3.56. The Morgan fingerprint density at radius 1 is 1.43 bits per heavy atom. The van der Waals surface area contributed by atoms with Crippen molar-refractivity contribution in [2.75, 3.05) is 0 Å². The van der Waals surface area contributed by atoms with Crippen molar-refractivity contribution in [3.63, 3.8) is 0 Å². The van der Waals surface area contributed by atoms with E-state index < -0.39 is 0 Å². The van der Waals surface area contributed by atoms with E-state index in [0.29, 0.717) is 5.92 Å². The number of rotatable bonds is 3. The van der Waals surface area contributed by atoms with Crippen LogP contribution in [0.4, 0.5) is 0 Å². The van der Waals surface area contributed by atoms with Crippen LogP contribution in [0.25, 0.3) is 0 Å². The molecule has 0 aromatic carbocycles. The molecule has 2 aliphatic rings. The van der Waals surface area contributed by atoms with Gasteiger partial charge < -0.3 is 0 Å². The quantitative estimate of drug-likeness (QED) is 0.662. The normalized spacial score (nSPS) is 23.5. The molecule has 2 rings (SSSR count). The third kappa shape index (κ3) is 1.90. The minimum atomic E-state index is 0.553. The predicted octanol–water partition coefficient (Wildman–Crippen LogP) is 3.59. The Kier molecular flexibility index (Phi) is 3.03. The second-order valence-corrected chi connectivity index (χ2v) is 4.39. The summed E-state index contributed by atoms with van der Waals surface area (Å²) in [5, 5.41) is 8.86. The molecule has 14 heavy (non-hydrogen) atoms. The molecular formula is C13H17N. The molecule has 0 saturated heterocycles. The molecule has 1 nitrogen and oxygen atoms in total. The van der Waals surface area contributed by atoms with Crippen LogP contribution in [0, 0.1) is 23.2 Å². The first-order chi connectivity index (χ1) is 6.92. The zero-order valence-electron chi connectivity index (χ0n) is 8.58. The number of nitrogens with zero attached hydrogens (tertiary/aromatic N) is 1. The number of allylic oxidation sites excluding steroid dienone is 4. The van der Waals surface area contributed by atoms with Gasteiger partial charge in [0.15, 0.2) is 0 Å². The van der Waals surface area contributed by atoms with Crippen molar-refractivity contribution in [1.29, 1.82) is 5.26 Å². The summed E-state index contributed by atoms with van der Waals surface area (Å²) in [5.41, 5.74) is 1.50. The molecule has 0 aromatic rings. The maximum absolute atomic E-state index is 8.86. The van der Waals surface area contributed by atoms with Crippen LogP contribution in [-0.4, -0.2) is 0 Å². The van der Waals surface area contributed by atoms with Crippen molar-refractivity contribution in [1.82, 2.24) is 0 Å². The lowest BCUT2D eigenvalue weighted by Gasteiger charge is -2.22. The molecule has 1 fully saturated rings. The fraction of sp³-hybridized carbons (Fsp3) is 0.615. The van der Waals surface area contributed by atoms with Gasteiger partial charge in [-0.1, -0.05) is 36.6 Å². The van der Waals surface area contributed by atoms with E-state index in [4.69, 9.17) is 5.26 Å². The molecule has 1 unspecified atom stereocenters. The van der Waals surface area contributed by atoms with Gasteiger partial charge in [0.05, 0.1) is 6.07 Å². The van der Waals surface area contributed by atoms with Gasteiger partial charge in [0.2, 0.25) is 0 Å². The molecule has 0 radical (unpaired) electrons. The Balaban J connectivity index is 2.03. The number of hydrogen-bond donors (Lipinski definition) is 0. The fourth-order valence-electron chi connectivity index (χ4n) is 2.80. The molecule has 0 bridgehead atoms. The van der Waals surface area contributed by atoms with Crippen molar-refractivity contribution >= 4 is 0 Å². The van der Waals surface area contributed by atoms with Gasteiger partial charge in [0, 0.05) is 6.42 Å². The summed E-state index contributed by atoms with van der Waals surface area (Å²) in [6, 6.07) is 2.35. The molecule has 1 heteroatoms. The summed E-state index contributed by atoms with van der Waals surface area (Å²) in [6.45, 7) is 0. The molecule has 0 amide bonds. The molecule has 0 N–H and O–H groups in total. The van der Waals surface area contributed by atoms with Gasteiger partial charge in [-0.3, -0.25) is 0 Å². The Labute approximate surface area is 86.1 Å². The fourth-order valence-corrected chi connectivity index (χ4v) is 2.80. The second kappa shape index (κ2) is 4.46. The standard InChI is InChI=1S/C13H17N/c14-10-9-13(11-5-1-2-6-11)12-7-3-4-8-12/h1-2,5,12-13H,3-4,6-9H2. The van der Waals surface area contributed by atoms with Gasteiger partial charge in [-0.2, -0.15) is 5.26 Å². The van der Waals surface area contributed by atoms with Crippen LogP contribution in [0.15, 0.2) is 23.8 Å². The van der Waals surface area contributed by atoms with Gasteiger partial charge in [0.25, 0.3) is 0 Å². The minimum absolute atomic E-state index is 0.553. The maximum Gasteiger partial charge on any atom is 0.0628 e. The lowest BCUT2D eigenvalue weighted by Crippen LogP contribution is -2.13. The lowest BCUT2D eigenvalue weighted by atomic mass is 9.82. The Hall–Kier alpha value is -1.03. The topological polar surface area (TPSA) is 23.8 Å². The Bertz CT molecular complexity index is 287. The first kappa shape index (κ1) is 9.52. The summed E-state index contributed by atoms with van der Waals surface area (Å²) in [7, 11) is 0. The van der Waals surface area contributed by atoms with E-state index >= 15 is 0 Å². The predicted molar refractivity (Wildman–Crippen MR) is 57.5 cm³/mol. The smallest absolute Gasteiger partial charge is 0.0628 e. The van der Waals surface area contributed by atoms with Crippen LogP contribution in [-0.2, 0) is 0 Å². The lowest BCUT2D eigenvalue weighted by molar-refractivity contribution is 0.389. The zero-order valence-corrected chi connectivity index (χ0v) is 8.58. The van der Waals surface area contributed by atoms with E-state index in [2.05, 4.69) is 24.3 Å². The molecule has 0 spiro atoms. The zero-order chi connectivity index (χ0) is 9.80. The first-order valence-corrected chi connectivity index (χ1v) is 5.64. The van der Waals surface area contributed by atoms with Crippen molar-refractivity contribution in [2.45, 2.75) is 38.5 Å². The SMILES string of the molecule is N#CCC(C1=CC=CC1)C1CCCC1. The van der Waals surface area contributed by atoms with Gasteiger partial charge in [-0.15, -0.1) is 0 Å². The van der Waals surface area contributed by atoms with E-state index in [9.17, 15) is 0 Å². The minimum Gasteiger partial charge on any atom is -0.198 e. The van der Waals surface area contributed by atoms with Crippen LogP contribution >= 0.6 is 0 Å². The molecule has 1 saturated carbocycles. The highest BCUT2D eigenvalue weighted by atomic mass is 14.3. The molecular weight excluding hydrogens is 170 g/mol. The van der Waals surface area contributed by atoms with Crippen LogP contribution < -0.4 is 0 Å². The summed E-state index contributed by atoms with van der Waals surface area (Å²) in [6.07, 6.45) is 13.8. The van der Waals surface area contributed by atoms with Crippen molar-refractivity contribution in [3.05, 3.63) is 23.8 Å². The summed E-state index contributed by atoms with van der Waals surface area (Å²) >= 11 is 0. The molecule has 0 aromatic heterocycles. The maximum atomic E-state index is 8.86. The Morgan fingerprint density at radius 2 is 2.21 bits per heavy atom. The van der Waals surface area contributed by atoms with Crippen LogP contribution in [0.3, 0.4) is 0 Å². The molecule has 1 atom stereocenters. The number of nitriles is 1. The third-order valence-electron chi connectivity index (χ3n) is 3.56. The summed E-state index contributed by atoms with van der Waals surface area (Å²) in [4.78, 5) is 0. The molecule has 0 aliphatic heterocycles. The molecule has 0 heterocycles. The van der Waals surface area contributed by atoms with Gasteiger partial charge >= 0.3 is 0 Å². The summed E-state index contributed by atoms with van der Waals surface area (Å²) in [5.74, 6) is 1.35. The first-order valence-electron chi connectivity index (χ1n) is 5.64. The Morgan fingerprint density at radius 3 is 2.79 bits per heavy atom. The highest BCUT2D eigenvalue weighted by Gasteiger charge is 2.27. The van der Waals surface area contributed by atoms with Crippen molar-refractivity contribution < 1.29 is 0 Å². The monoisotopic (exact) mass is 187 g/mol. The molecule has 2 aliphatic carbocycles. The highest BCUT2D eigenvalue weighted by Crippen LogP contribution is 2.39. The van der Waals surface area contributed by atoms with E-state index in [1.54, 1.807) is 0 Å². The van der Waals surface area contributed by atoms with Gasteiger partial charge in [0.1, 0.15) is 0 Å². The van der Waals surface area contributed by atoms with E-state index in [-0.39, 0.29) is 0 Å². The second-order valence-electron chi connectivity index (χ2n) is 4.39. The van der Waals surface area contributed by atoms with E-state index in [1.807, 2.05) is 0 Å². The average molecular weight is 187 g/mol. The van der Waals surface area contributed by atoms with Crippen molar-refractivity contribution in [3.8, 4) is 6.07 Å². The van der Waals surface area contributed by atoms with Crippen LogP contribution in [0.5, 0.6) is 0 Å². The summed E-state index contributed by atoms with van der Waals surface area (Å²) < 4.78 is 0. The van der Waals surface area contributed by atoms with Crippen LogP contribution in [0.2, 0.25) is 0 Å². The van der Waals surface area contributed by atoms with E-state index in [0.717, 1.165) is 18.8 Å². The van der Waals surface area contributed by atoms with E-state index in [1.165, 1.54) is 31.3 Å². The van der Waals surface area contributed by atoms with Gasteiger partial charge in [-0.05, 0) is 31.1 Å². The molecule has 74 valence electrons. The van der Waals surface area contributed by atoms with Crippen LogP contribution in [0.1, 0.15) is 38.5 Å². The number of hydrogen-bond acceptors (Lipinski definition) is 1. The van der Waals surface area contributed by atoms with Gasteiger partial charge in [-0.25, -0.2) is 0 Å². The highest BCUT2D eigenvalue weighted by molar-refractivity contribution is 5.26. The van der Waals surface area contributed by atoms with Crippen molar-refractivity contribution in [2.24, 2.45) is 11.8 Å². The average Bonchev–Trinajstić information content (AvgIpc) is 2.87. The largest absolute Gasteiger partial charge is 0.198 e.